The van der Waals surface area contributed by atoms with Crippen molar-refractivity contribution in [3.63, 3.8) is 0 Å². The molecule has 176 valence electrons. The minimum atomic E-state index is 0. The SMILES string of the molecule is CC1C(C)C(C)C(C)C1C.CCCCCCC1CCC2C=CC=CC21.[CH3-].[CH3-].[CH3-].[CH3-].[Hf+4]. The van der Waals surface area contributed by atoms with Crippen molar-refractivity contribution in [2.75, 3.05) is 0 Å². The second-order valence-electron chi connectivity index (χ2n) is 9.49. The third-order valence-electron chi connectivity index (χ3n) is 8.29. The molecule has 1 heteroatoms. The van der Waals surface area contributed by atoms with Crippen LogP contribution in [0.3, 0.4) is 0 Å². The van der Waals surface area contributed by atoms with E-state index in [-0.39, 0.29) is 55.5 Å². The number of hydrogen-bond acceptors (Lipinski definition) is 0. The van der Waals surface area contributed by atoms with Gasteiger partial charge in [0, 0.05) is 0 Å². The van der Waals surface area contributed by atoms with Crippen LogP contribution in [0, 0.1) is 77.0 Å². The molecule has 3 unspecified atom stereocenters. The number of hydrogen-bond donors (Lipinski definition) is 0. The minimum absolute atomic E-state index is 0. The van der Waals surface area contributed by atoms with Crippen LogP contribution in [-0.2, 0) is 25.8 Å². The molecule has 2 fully saturated rings. The van der Waals surface area contributed by atoms with Crippen molar-refractivity contribution in [1.29, 1.82) is 0 Å². The molecule has 0 saturated heterocycles. The zero-order chi connectivity index (χ0) is 18.4. The van der Waals surface area contributed by atoms with Crippen LogP contribution < -0.4 is 0 Å². The van der Waals surface area contributed by atoms with E-state index in [0.717, 1.165) is 47.3 Å². The average molecular weight is 583 g/mol. The van der Waals surface area contributed by atoms with Crippen molar-refractivity contribution < 1.29 is 25.8 Å². The molecule has 0 radical (unpaired) electrons. The molecule has 3 rings (SSSR count). The predicted molar refractivity (Wildman–Crippen MR) is 138 cm³/mol. The van der Waals surface area contributed by atoms with Crippen LogP contribution >= 0.6 is 0 Å². The summed E-state index contributed by atoms with van der Waals surface area (Å²) < 4.78 is 0. The van der Waals surface area contributed by atoms with E-state index in [2.05, 4.69) is 65.8 Å². The van der Waals surface area contributed by atoms with Gasteiger partial charge in [0.15, 0.2) is 0 Å². The molecule has 0 aromatic rings. The monoisotopic (exact) mass is 584 g/mol. The molecule has 3 aliphatic carbocycles. The molecule has 30 heavy (non-hydrogen) atoms. The fraction of sp³-hybridized carbons (Fsp3) is 0.724. The summed E-state index contributed by atoms with van der Waals surface area (Å²) in [5.74, 6) is 7.44. The second-order valence-corrected chi connectivity index (χ2v) is 9.49. The van der Waals surface area contributed by atoms with Crippen LogP contribution in [0.2, 0.25) is 0 Å². The van der Waals surface area contributed by atoms with Gasteiger partial charge in [-0.15, -0.1) is 0 Å². The summed E-state index contributed by atoms with van der Waals surface area (Å²) in [5.41, 5.74) is 0. The zero-order valence-corrected chi connectivity index (χ0v) is 26.0. The Kier molecular flexibility index (Phi) is 23.7. The van der Waals surface area contributed by atoms with E-state index in [4.69, 9.17) is 0 Å². The Hall–Kier alpha value is 0.350. The Labute approximate surface area is 212 Å². The van der Waals surface area contributed by atoms with Crippen LogP contribution in [0.4, 0.5) is 0 Å². The molecule has 2 saturated carbocycles. The van der Waals surface area contributed by atoms with E-state index in [1.165, 1.54) is 44.9 Å². The van der Waals surface area contributed by atoms with Gasteiger partial charge in [-0.2, -0.15) is 0 Å². The normalized spacial score (nSPS) is 35.1. The summed E-state index contributed by atoms with van der Waals surface area (Å²) >= 11 is 0. The van der Waals surface area contributed by atoms with Crippen molar-refractivity contribution in [2.45, 2.75) is 86.5 Å². The molecule has 0 aliphatic heterocycles. The maximum absolute atomic E-state index is 2.46. The van der Waals surface area contributed by atoms with Gasteiger partial charge in [-0.3, -0.25) is 0 Å². The van der Waals surface area contributed by atoms with Gasteiger partial charge in [-0.25, -0.2) is 0 Å². The fourth-order valence-corrected chi connectivity index (χ4v) is 5.63. The Morgan fingerprint density at radius 1 is 0.633 bits per heavy atom. The maximum atomic E-state index is 2.46. The van der Waals surface area contributed by atoms with E-state index in [0.29, 0.717) is 0 Å². The Balaban J connectivity index is -0.000000204. The van der Waals surface area contributed by atoms with Crippen molar-refractivity contribution in [3.05, 3.63) is 54.0 Å². The molecule has 0 spiro atoms. The smallest absolute Gasteiger partial charge is 0.358 e. The molecule has 0 heterocycles. The molecule has 0 aromatic carbocycles. The molecule has 0 bridgehead atoms. The van der Waals surface area contributed by atoms with Gasteiger partial charge in [-0.05, 0) is 66.6 Å². The van der Waals surface area contributed by atoms with Crippen LogP contribution in [0.1, 0.15) is 86.5 Å². The van der Waals surface area contributed by atoms with Crippen molar-refractivity contribution >= 4 is 0 Å². The van der Waals surface area contributed by atoms with Crippen LogP contribution in [-0.4, -0.2) is 0 Å². The molecular formula is C29H56Hf. The molecule has 3 aliphatic rings. The average Bonchev–Trinajstić information content (AvgIpc) is 3.12. The first-order valence-corrected chi connectivity index (χ1v) is 11.3. The molecule has 0 amide bonds. The minimum Gasteiger partial charge on any atom is -0.358 e. The van der Waals surface area contributed by atoms with Gasteiger partial charge in [0.25, 0.3) is 0 Å². The Bertz CT molecular complexity index is 393. The van der Waals surface area contributed by atoms with Gasteiger partial charge >= 0.3 is 25.8 Å². The number of allylic oxidation sites excluding steroid dienone is 4. The third kappa shape index (κ3) is 9.87. The summed E-state index contributed by atoms with van der Waals surface area (Å²) in [4.78, 5) is 0. The van der Waals surface area contributed by atoms with Crippen LogP contribution in [0.5, 0.6) is 0 Å². The summed E-state index contributed by atoms with van der Waals surface area (Å²) in [6, 6.07) is 0. The predicted octanol–water partition coefficient (Wildman–Crippen LogP) is 9.70. The van der Waals surface area contributed by atoms with Crippen molar-refractivity contribution in [2.24, 2.45) is 47.3 Å². The van der Waals surface area contributed by atoms with Gasteiger partial charge < -0.3 is 29.7 Å². The molecule has 0 N–H and O–H groups in total. The van der Waals surface area contributed by atoms with Crippen LogP contribution in [0.15, 0.2) is 24.3 Å². The largest absolute Gasteiger partial charge is 4.00 e. The fourth-order valence-electron chi connectivity index (χ4n) is 5.63. The van der Waals surface area contributed by atoms with Crippen LogP contribution in [0.25, 0.3) is 0 Å². The summed E-state index contributed by atoms with van der Waals surface area (Å²) in [6.07, 6.45) is 19.4. The quantitative estimate of drug-likeness (QED) is 0.172. The Morgan fingerprint density at radius 2 is 1.10 bits per heavy atom. The van der Waals surface area contributed by atoms with Crippen molar-refractivity contribution in [3.8, 4) is 0 Å². The van der Waals surface area contributed by atoms with E-state index in [1.54, 1.807) is 0 Å². The van der Waals surface area contributed by atoms with Crippen molar-refractivity contribution in [1.82, 2.24) is 0 Å². The summed E-state index contributed by atoms with van der Waals surface area (Å²) in [7, 11) is 0. The maximum Gasteiger partial charge on any atom is 4.00 e. The molecule has 0 nitrogen and oxygen atoms in total. The van der Waals surface area contributed by atoms with E-state index in [9.17, 15) is 0 Å². The van der Waals surface area contributed by atoms with Gasteiger partial charge in [-0.1, -0.05) is 91.5 Å². The van der Waals surface area contributed by atoms with E-state index in [1.807, 2.05) is 0 Å². The molecular weight excluding hydrogens is 527 g/mol. The number of fused-ring (bicyclic) bond motifs is 1. The van der Waals surface area contributed by atoms with Gasteiger partial charge in [0.1, 0.15) is 0 Å². The van der Waals surface area contributed by atoms with E-state index < -0.39 is 0 Å². The number of unbranched alkanes of at least 4 members (excludes halogenated alkanes) is 3. The summed E-state index contributed by atoms with van der Waals surface area (Å²) in [5, 5.41) is 0. The Morgan fingerprint density at radius 3 is 1.57 bits per heavy atom. The molecule has 0 aromatic heterocycles. The second kappa shape index (κ2) is 18.9. The van der Waals surface area contributed by atoms with E-state index >= 15 is 0 Å². The zero-order valence-electron chi connectivity index (χ0n) is 22.4. The third-order valence-corrected chi connectivity index (χ3v) is 8.29. The van der Waals surface area contributed by atoms with Gasteiger partial charge in [0.05, 0.1) is 0 Å². The molecule has 3 atom stereocenters. The first-order valence-electron chi connectivity index (χ1n) is 11.3. The first-order chi connectivity index (χ1) is 12.0. The summed E-state index contributed by atoms with van der Waals surface area (Å²) in [6.45, 7) is 14.3. The topological polar surface area (TPSA) is 0 Å². The first kappa shape index (κ1) is 37.7. The standard InChI is InChI=1S/C15H24.C10H20.4CH3.Hf/c1-2-3-4-5-8-13-11-12-14-9-6-7-10-15(13)14;1-6-7(2)9(4)10(5)8(6)3;;;;;/h6-7,9-10,13-15H,2-5,8,11-12H2,1H3;6-10H,1-5H3;4*1H3;/q;;4*-1;+4. The number of rotatable bonds is 5. The van der Waals surface area contributed by atoms with Gasteiger partial charge in [0.2, 0.25) is 0 Å².